The molecule has 3 aliphatic heterocycles. The molecule has 17 rings (SSSR count). The van der Waals surface area contributed by atoms with E-state index in [0.29, 0.717) is 38.5 Å². The molecule has 7 aliphatic rings. The molecule has 0 spiro atoms. The number of hydrogen-bond acceptors (Lipinski definition) is 28. The fraction of sp³-hybridized carbons (Fsp3) is 0.357. The normalized spacial score (nSPS) is 27.8. The van der Waals surface area contributed by atoms with Crippen molar-refractivity contribution >= 4 is 71.3 Å². The number of ether oxygens (including phenoxy) is 16. The molecule has 0 N–H and O–H groups in total. The molecule has 3 heterocycles. The van der Waals surface area contributed by atoms with E-state index in [1.54, 1.807) is 206 Å². The van der Waals surface area contributed by atoms with Crippen LogP contribution in [0, 0.1) is 46.3 Å². The second-order valence-electron chi connectivity index (χ2n) is 37.9. The van der Waals surface area contributed by atoms with Gasteiger partial charge in [0.2, 0.25) is 0 Å². The largest absolute Gasteiger partial charge is 0.459 e. The van der Waals surface area contributed by atoms with Crippen LogP contribution < -0.4 is 0 Å². The van der Waals surface area contributed by atoms with E-state index in [-0.39, 0.29) is 111 Å². The Kier molecular flexibility index (Phi) is 32.1. The molecule has 24 unspecified atom stereocenters. The summed E-state index contributed by atoms with van der Waals surface area (Å²) in [5, 5.41) is 0. The van der Waals surface area contributed by atoms with E-state index in [2.05, 4.69) is 19.9 Å². The Morgan fingerprint density at radius 3 is 1.06 bits per heavy atom. The lowest BCUT2D eigenvalue weighted by atomic mass is 9.47. The standard InChI is InChI=1S/C115H112O28/c1-69(66-130-111-98(141-109(126)80-52-32-14-33-53-80)96(139-107(124)78-48-28-12-29-49-78)93(136-104(121)75-42-22-9-23-43-75)89(133-111)67-128-101(118)72-36-16-6-17-37-72)56-59-87(116)70(2)91-88(117)65-86-84-58-57-82-64-83(60-62-114(82,4)85(84)61-63-115(86,91)5)132-113-100(97(140-108(125)79-50-30-13-31-51-79)94(137-105(122)76-44-24-10-25-45-76)90(134-113)68-129-102(119)73-38-18-7-19-39-73)143-112-99(142-110(127)81-54-34-15-35-55-81)95(138-106(123)77-46-26-11-27-47-77)92(71(3)131-112)135-103(120)74-40-20-8-21-41-74/h6-55,57,69-71,83-86,89-100,111-113H,56,58-68H2,1-5H3. The summed E-state index contributed by atoms with van der Waals surface area (Å²) in [5.41, 5.74) is 1.06. The Labute approximate surface area is 827 Å². The summed E-state index contributed by atoms with van der Waals surface area (Å²) in [6.45, 7) is 8.31. The van der Waals surface area contributed by atoms with Crippen molar-refractivity contribution in [2.24, 2.45) is 46.3 Å². The molecule has 0 amide bonds. The maximum Gasteiger partial charge on any atom is 0.338 e. The van der Waals surface area contributed by atoms with E-state index < -0.39 is 200 Å². The number of ketones is 2. The van der Waals surface area contributed by atoms with Gasteiger partial charge in [0.15, 0.2) is 73.8 Å². The zero-order valence-corrected chi connectivity index (χ0v) is 79.6. The van der Waals surface area contributed by atoms with Gasteiger partial charge in [-0.05, 0) is 208 Å². The quantitative estimate of drug-likeness (QED) is 0.0205. The van der Waals surface area contributed by atoms with E-state index in [0.717, 1.165) is 5.57 Å². The number of allylic oxidation sites excluding steroid dienone is 1. The Morgan fingerprint density at radius 2 is 0.671 bits per heavy atom. The van der Waals surface area contributed by atoms with Crippen molar-refractivity contribution in [1.29, 1.82) is 0 Å². The highest BCUT2D eigenvalue weighted by Gasteiger charge is 2.65. The minimum absolute atomic E-state index is 0.0165. The van der Waals surface area contributed by atoms with Crippen molar-refractivity contribution in [3.05, 3.63) is 371 Å². The van der Waals surface area contributed by atoms with Crippen molar-refractivity contribution in [3.8, 4) is 0 Å². The first-order valence-corrected chi connectivity index (χ1v) is 48.5. The molecule has 6 fully saturated rings. The van der Waals surface area contributed by atoms with E-state index in [9.17, 15) is 43.2 Å². The van der Waals surface area contributed by atoms with Crippen LogP contribution in [0.5, 0.6) is 0 Å². The van der Waals surface area contributed by atoms with Crippen LogP contribution in [0.25, 0.3) is 0 Å². The topological polar surface area (TPSA) is 353 Å². The Hall–Kier alpha value is -14.3. The van der Waals surface area contributed by atoms with Gasteiger partial charge in [0, 0.05) is 24.7 Å². The van der Waals surface area contributed by atoms with Gasteiger partial charge < -0.3 is 75.8 Å². The molecule has 3 saturated carbocycles. The molecule has 4 aliphatic carbocycles. The second-order valence-corrected chi connectivity index (χ2v) is 37.9. The third-order valence-corrected chi connectivity index (χ3v) is 28.7. The van der Waals surface area contributed by atoms with Crippen LogP contribution in [0.1, 0.15) is 196 Å². The SMILES string of the molecule is CC(CCC(=O)C(C)C1C(=O)CC2C3CC=C4CC(OC5OC(COC(=O)c6ccccc6)C(OC(=O)c6ccccc6)C(OC(=O)c6ccccc6)C5OC5OC(C)C(OC(=O)c6ccccc6)C(OC(=O)c6ccccc6)C5OC(=O)c5ccccc5)CCC4(C)C3CCC21C)COC1OC(COC(=O)c2ccccc2)C(OC(=O)c2ccccc2)C(OC(=O)c2ccccc2)C1OC(=O)c1ccccc1. The van der Waals surface area contributed by atoms with Crippen LogP contribution in [-0.2, 0) is 85.4 Å². The minimum atomic E-state index is -1.92. The molecule has 740 valence electrons. The number of esters is 10. The monoisotopic (exact) mass is 1940 g/mol. The van der Waals surface area contributed by atoms with Gasteiger partial charge in [0.1, 0.15) is 37.0 Å². The third kappa shape index (κ3) is 23.2. The molecular weight excluding hydrogens is 1830 g/mol. The Balaban J connectivity index is 0.640. The molecule has 0 aromatic heterocycles. The van der Waals surface area contributed by atoms with Crippen molar-refractivity contribution in [2.75, 3.05) is 19.8 Å². The van der Waals surface area contributed by atoms with E-state index in [1.165, 1.54) is 104 Å². The highest BCUT2D eigenvalue weighted by Crippen LogP contribution is 2.67. The highest BCUT2D eigenvalue weighted by atomic mass is 16.8. The number of Topliss-reactive ketones (excluding diaryl/α,β-unsaturated/α-hetero) is 2. The molecule has 0 bridgehead atoms. The van der Waals surface area contributed by atoms with E-state index >= 15 is 14.4 Å². The lowest BCUT2D eigenvalue weighted by Gasteiger charge is -2.58. The van der Waals surface area contributed by atoms with Gasteiger partial charge in [-0.2, -0.15) is 0 Å². The average molecular weight is 1940 g/mol. The summed E-state index contributed by atoms with van der Waals surface area (Å²) in [7, 11) is 0. The van der Waals surface area contributed by atoms with Gasteiger partial charge in [-0.3, -0.25) is 9.59 Å². The zero-order valence-electron chi connectivity index (χ0n) is 79.6. The van der Waals surface area contributed by atoms with Gasteiger partial charge in [-0.15, -0.1) is 0 Å². The maximum absolute atomic E-state index is 15.2. The predicted octanol–water partition coefficient (Wildman–Crippen LogP) is 17.9. The average Bonchev–Trinajstić information content (AvgIpc) is 1.60. The summed E-state index contributed by atoms with van der Waals surface area (Å²) in [4.78, 5) is 176. The summed E-state index contributed by atoms with van der Waals surface area (Å²) < 4.78 is 105. The number of carbonyl (C=O) groups is 12. The molecule has 3 saturated heterocycles. The van der Waals surface area contributed by atoms with Gasteiger partial charge in [-0.1, -0.05) is 221 Å². The smallest absolute Gasteiger partial charge is 0.338 e. The molecule has 28 heteroatoms. The maximum atomic E-state index is 15.2. The van der Waals surface area contributed by atoms with Crippen LogP contribution in [0.15, 0.2) is 315 Å². The van der Waals surface area contributed by atoms with Crippen LogP contribution >= 0.6 is 0 Å². The van der Waals surface area contributed by atoms with Crippen LogP contribution in [0.4, 0.5) is 0 Å². The van der Waals surface area contributed by atoms with Crippen molar-refractivity contribution < 1.29 is 133 Å². The lowest BCUT2D eigenvalue weighted by Crippen LogP contribution is -2.67. The molecule has 10 aromatic carbocycles. The first-order chi connectivity index (χ1) is 69.3. The molecule has 143 heavy (non-hydrogen) atoms. The van der Waals surface area contributed by atoms with Crippen molar-refractivity contribution in [2.45, 2.75) is 191 Å². The van der Waals surface area contributed by atoms with Gasteiger partial charge in [0.05, 0.1) is 74.4 Å². The van der Waals surface area contributed by atoms with Gasteiger partial charge in [-0.25, -0.2) is 47.9 Å². The van der Waals surface area contributed by atoms with Crippen LogP contribution in [-0.4, -0.2) is 189 Å². The molecule has 28 nitrogen and oxygen atoms in total. The van der Waals surface area contributed by atoms with Crippen LogP contribution in [0.2, 0.25) is 0 Å². The zero-order chi connectivity index (χ0) is 99.8. The second kappa shape index (κ2) is 45.8. The predicted molar refractivity (Wildman–Crippen MR) is 514 cm³/mol. The third-order valence-electron chi connectivity index (χ3n) is 28.7. The number of fused-ring (bicyclic) bond motifs is 5. The fourth-order valence-electron chi connectivity index (χ4n) is 21.3. The summed E-state index contributed by atoms with van der Waals surface area (Å²) in [5.74, 6) is -10.6. The minimum Gasteiger partial charge on any atom is -0.459 e. The first kappa shape index (κ1) is 100. The molecular formula is C115H112O28. The van der Waals surface area contributed by atoms with E-state index in [1.807, 2.05) is 13.8 Å². The summed E-state index contributed by atoms with van der Waals surface area (Å²) >= 11 is 0. The van der Waals surface area contributed by atoms with E-state index in [4.69, 9.17) is 75.8 Å². The summed E-state index contributed by atoms with van der Waals surface area (Å²) in [6.07, 6.45) is -19.9. The van der Waals surface area contributed by atoms with Gasteiger partial charge >= 0.3 is 59.7 Å². The Bertz CT molecular complexity index is 6140. The van der Waals surface area contributed by atoms with Gasteiger partial charge in [0.25, 0.3) is 0 Å². The van der Waals surface area contributed by atoms with Crippen molar-refractivity contribution in [1.82, 2.24) is 0 Å². The van der Waals surface area contributed by atoms with Crippen molar-refractivity contribution in [3.63, 3.8) is 0 Å². The lowest BCUT2D eigenvalue weighted by molar-refractivity contribution is -0.367. The number of rotatable bonds is 34. The molecule has 0 radical (unpaired) electrons. The molecule has 10 aromatic rings. The number of benzene rings is 10. The Morgan fingerprint density at radius 1 is 0.350 bits per heavy atom. The summed E-state index contributed by atoms with van der Waals surface area (Å²) in [6, 6.07) is 80.3. The first-order valence-electron chi connectivity index (χ1n) is 48.5. The molecule has 24 atom stereocenters. The van der Waals surface area contributed by atoms with Crippen LogP contribution in [0.3, 0.4) is 0 Å². The number of carbonyl (C=O) groups excluding carboxylic acids is 12. The highest BCUT2D eigenvalue weighted by molar-refractivity contribution is 5.96. The number of hydrogen-bond donors (Lipinski definition) is 0. The fourth-order valence-corrected chi connectivity index (χ4v) is 21.3.